The third kappa shape index (κ3) is 1.82. The summed E-state index contributed by atoms with van der Waals surface area (Å²) in [5, 5.41) is 9.52. The van der Waals surface area contributed by atoms with Gasteiger partial charge in [0.15, 0.2) is 0 Å². The molecule has 1 unspecified atom stereocenters. The van der Waals surface area contributed by atoms with Crippen LogP contribution in [0.4, 0.5) is 0 Å². The Morgan fingerprint density at radius 3 is 2.85 bits per heavy atom. The smallest absolute Gasteiger partial charge is 0.147 e. The topological polar surface area (TPSA) is 38.7 Å². The number of aromatic hydroxyl groups is 1. The van der Waals surface area contributed by atoms with Gasteiger partial charge in [-0.2, -0.15) is 0 Å². The first-order valence-electron chi connectivity index (χ1n) is 4.18. The van der Waals surface area contributed by atoms with Gasteiger partial charge in [0.1, 0.15) is 12.5 Å². The first-order chi connectivity index (χ1) is 6.38. The van der Waals surface area contributed by atoms with Crippen molar-refractivity contribution >= 4 is 0 Å². The highest BCUT2D eigenvalue weighted by atomic mass is 16.7. The predicted octanol–water partition coefficient (Wildman–Crippen LogP) is 1.64. The predicted molar refractivity (Wildman–Crippen MR) is 47.1 cm³/mol. The Balaban J connectivity index is 2.18. The zero-order valence-corrected chi connectivity index (χ0v) is 7.14. The summed E-state index contributed by atoms with van der Waals surface area (Å²) in [6, 6.07) is 7.17. The SMILES string of the molecule is Oc1ccccc1C1[CH]COCO1. The second-order valence-electron chi connectivity index (χ2n) is 2.87. The van der Waals surface area contributed by atoms with E-state index in [1.807, 2.05) is 18.6 Å². The Morgan fingerprint density at radius 1 is 1.31 bits per heavy atom. The summed E-state index contributed by atoms with van der Waals surface area (Å²) in [5.41, 5.74) is 0.797. The first-order valence-corrected chi connectivity index (χ1v) is 4.18. The van der Waals surface area contributed by atoms with Crippen LogP contribution >= 0.6 is 0 Å². The fourth-order valence-electron chi connectivity index (χ4n) is 1.34. The van der Waals surface area contributed by atoms with E-state index in [0.717, 1.165) is 5.56 Å². The van der Waals surface area contributed by atoms with Crippen molar-refractivity contribution in [2.75, 3.05) is 13.4 Å². The van der Waals surface area contributed by atoms with E-state index in [-0.39, 0.29) is 18.6 Å². The third-order valence-corrected chi connectivity index (χ3v) is 2.00. The summed E-state index contributed by atoms with van der Waals surface area (Å²) in [5.74, 6) is 0.269. The van der Waals surface area contributed by atoms with Crippen LogP contribution in [0.1, 0.15) is 11.7 Å². The van der Waals surface area contributed by atoms with Crippen LogP contribution in [-0.4, -0.2) is 18.5 Å². The van der Waals surface area contributed by atoms with Gasteiger partial charge in [0.2, 0.25) is 0 Å². The van der Waals surface area contributed by atoms with Crippen LogP contribution in [0.5, 0.6) is 5.75 Å². The van der Waals surface area contributed by atoms with E-state index in [2.05, 4.69) is 0 Å². The van der Waals surface area contributed by atoms with Crippen LogP contribution in [0.25, 0.3) is 0 Å². The Labute approximate surface area is 76.9 Å². The summed E-state index contributed by atoms with van der Waals surface area (Å²) in [4.78, 5) is 0. The molecule has 0 aromatic heterocycles. The molecule has 1 aromatic carbocycles. The zero-order chi connectivity index (χ0) is 9.10. The number of rotatable bonds is 1. The molecule has 1 radical (unpaired) electrons. The van der Waals surface area contributed by atoms with Gasteiger partial charge >= 0.3 is 0 Å². The van der Waals surface area contributed by atoms with E-state index in [1.165, 1.54) is 0 Å². The van der Waals surface area contributed by atoms with Crippen molar-refractivity contribution < 1.29 is 14.6 Å². The maximum Gasteiger partial charge on any atom is 0.147 e. The van der Waals surface area contributed by atoms with E-state index in [4.69, 9.17) is 9.47 Å². The molecule has 1 heterocycles. The van der Waals surface area contributed by atoms with Crippen LogP contribution in [0, 0.1) is 6.42 Å². The third-order valence-electron chi connectivity index (χ3n) is 2.00. The standard InChI is InChI=1S/C10H11O3/c11-9-4-2-1-3-8(9)10-5-6-12-7-13-10/h1-5,10-11H,6-7H2. The molecule has 1 atom stereocenters. The van der Waals surface area contributed by atoms with Crippen LogP contribution < -0.4 is 0 Å². The van der Waals surface area contributed by atoms with Crippen molar-refractivity contribution in [1.82, 2.24) is 0 Å². The van der Waals surface area contributed by atoms with Crippen molar-refractivity contribution in [2.45, 2.75) is 6.10 Å². The van der Waals surface area contributed by atoms with Crippen LogP contribution in [0.2, 0.25) is 0 Å². The monoisotopic (exact) mass is 179 g/mol. The van der Waals surface area contributed by atoms with Gasteiger partial charge in [0.25, 0.3) is 0 Å². The molecule has 1 saturated heterocycles. The van der Waals surface area contributed by atoms with Gasteiger partial charge in [-0.05, 0) is 6.07 Å². The molecule has 1 fully saturated rings. The molecule has 3 nitrogen and oxygen atoms in total. The van der Waals surface area contributed by atoms with E-state index >= 15 is 0 Å². The van der Waals surface area contributed by atoms with Crippen molar-refractivity contribution in [3.63, 3.8) is 0 Å². The molecule has 0 saturated carbocycles. The lowest BCUT2D eigenvalue weighted by atomic mass is 10.1. The van der Waals surface area contributed by atoms with Gasteiger partial charge < -0.3 is 14.6 Å². The van der Waals surface area contributed by atoms with Gasteiger partial charge in [-0.1, -0.05) is 18.2 Å². The first kappa shape index (κ1) is 8.53. The molecule has 1 aromatic rings. The van der Waals surface area contributed by atoms with Crippen LogP contribution in [-0.2, 0) is 9.47 Å². The van der Waals surface area contributed by atoms with Gasteiger partial charge in [-0.3, -0.25) is 0 Å². The summed E-state index contributed by atoms with van der Waals surface area (Å²) < 4.78 is 10.3. The lowest BCUT2D eigenvalue weighted by Crippen LogP contribution is -2.17. The molecule has 1 aliphatic heterocycles. The Hall–Kier alpha value is -1.06. The minimum Gasteiger partial charge on any atom is -0.508 e. The quantitative estimate of drug-likeness (QED) is 0.712. The van der Waals surface area contributed by atoms with Crippen molar-refractivity contribution in [3.8, 4) is 5.75 Å². The summed E-state index contributed by atoms with van der Waals surface area (Å²) in [6.45, 7) is 0.856. The summed E-state index contributed by atoms with van der Waals surface area (Å²) in [7, 11) is 0. The molecule has 13 heavy (non-hydrogen) atoms. The molecule has 69 valence electrons. The van der Waals surface area contributed by atoms with Crippen LogP contribution in [0.15, 0.2) is 24.3 Å². The molecule has 0 bridgehead atoms. The molecular weight excluding hydrogens is 168 g/mol. The van der Waals surface area contributed by atoms with Gasteiger partial charge in [0.05, 0.1) is 12.7 Å². The molecule has 0 spiro atoms. The lowest BCUT2D eigenvalue weighted by molar-refractivity contribution is -0.113. The fourth-order valence-corrected chi connectivity index (χ4v) is 1.34. The Morgan fingerprint density at radius 2 is 2.15 bits per heavy atom. The second kappa shape index (κ2) is 3.77. The number of phenolic OH excluding ortho intramolecular Hbond substituents is 1. The fraction of sp³-hybridized carbons (Fsp3) is 0.300. The number of hydrogen-bond acceptors (Lipinski definition) is 3. The number of phenols is 1. The maximum atomic E-state index is 9.52. The minimum atomic E-state index is -0.144. The van der Waals surface area contributed by atoms with Gasteiger partial charge in [0, 0.05) is 12.0 Å². The van der Waals surface area contributed by atoms with Crippen molar-refractivity contribution in [1.29, 1.82) is 0 Å². The zero-order valence-electron chi connectivity index (χ0n) is 7.14. The normalized spacial score (nSPS) is 22.9. The molecule has 2 rings (SSSR count). The molecular formula is C10H11O3. The summed E-state index contributed by atoms with van der Waals surface area (Å²) >= 11 is 0. The number of hydrogen-bond donors (Lipinski definition) is 1. The Kier molecular flexibility index (Phi) is 2.47. The van der Waals surface area contributed by atoms with Crippen molar-refractivity contribution in [2.24, 2.45) is 0 Å². The second-order valence-corrected chi connectivity index (χ2v) is 2.87. The number of ether oxygens (including phenoxy) is 2. The molecule has 0 amide bonds. The number of para-hydroxylation sites is 1. The molecule has 1 N–H and O–H groups in total. The highest BCUT2D eigenvalue weighted by molar-refractivity contribution is 5.35. The van der Waals surface area contributed by atoms with Gasteiger partial charge in [-0.15, -0.1) is 0 Å². The average molecular weight is 179 g/mol. The van der Waals surface area contributed by atoms with Crippen molar-refractivity contribution in [3.05, 3.63) is 36.2 Å². The number of benzene rings is 1. The molecule has 3 heteroatoms. The maximum absolute atomic E-state index is 9.52. The van der Waals surface area contributed by atoms with Crippen LogP contribution in [0.3, 0.4) is 0 Å². The van der Waals surface area contributed by atoms with E-state index in [9.17, 15) is 5.11 Å². The van der Waals surface area contributed by atoms with E-state index in [1.54, 1.807) is 12.1 Å². The lowest BCUT2D eigenvalue weighted by Gasteiger charge is -2.23. The van der Waals surface area contributed by atoms with E-state index < -0.39 is 0 Å². The highest BCUT2D eigenvalue weighted by Crippen LogP contribution is 2.29. The summed E-state index contributed by atoms with van der Waals surface area (Å²) in [6.07, 6.45) is 1.74. The molecule has 0 aliphatic carbocycles. The minimum absolute atomic E-state index is 0.144. The molecule has 1 aliphatic rings. The van der Waals surface area contributed by atoms with E-state index in [0.29, 0.717) is 6.61 Å². The highest BCUT2D eigenvalue weighted by Gasteiger charge is 2.18. The largest absolute Gasteiger partial charge is 0.508 e. The Bertz CT molecular complexity index is 279. The van der Waals surface area contributed by atoms with Gasteiger partial charge in [-0.25, -0.2) is 0 Å². The average Bonchev–Trinajstić information content (AvgIpc) is 2.20.